The average molecular weight is 334 g/mol. The van der Waals surface area contributed by atoms with Crippen LogP contribution in [0.4, 0.5) is 5.69 Å². The van der Waals surface area contributed by atoms with E-state index in [1.807, 2.05) is 53.9 Å². The maximum atomic E-state index is 12.5. The monoisotopic (exact) mass is 334 g/mol. The second-order valence-corrected chi connectivity index (χ2v) is 6.33. The van der Waals surface area contributed by atoms with Crippen LogP contribution < -0.4 is 5.32 Å². The minimum Gasteiger partial charge on any atom is -0.320 e. The molecular formula is C18H14N4OS. The molecule has 24 heavy (non-hydrogen) atoms. The first-order valence-electron chi connectivity index (χ1n) is 7.47. The average Bonchev–Trinajstić information content (AvgIpc) is 3.16. The van der Waals surface area contributed by atoms with Gasteiger partial charge in [0.15, 0.2) is 4.96 Å². The molecule has 0 atom stereocenters. The van der Waals surface area contributed by atoms with E-state index in [1.54, 1.807) is 18.5 Å². The molecule has 0 unspecified atom stereocenters. The van der Waals surface area contributed by atoms with Crippen molar-refractivity contribution >= 4 is 27.9 Å². The quantitative estimate of drug-likeness (QED) is 0.615. The lowest BCUT2D eigenvalue weighted by Crippen LogP contribution is -2.11. The number of anilines is 1. The van der Waals surface area contributed by atoms with Crippen LogP contribution in [0.15, 0.2) is 61.1 Å². The molecule has 0 radical (unpaired) electrons. The number of aromatic nitrogens is 3. The smallest absolute Gasteiger partial charge is 0.267 e. The second kappa shape index (κ2) is 5.90. The van der Waals surface area contributed by atoms with Gasteiger partial charge in [0.25, 0.3) is 5.91 Å². The number of nitrogens with one attached hydrogen (secondary N) is 1. The van der Waals surface area contributed by atoms with E-state index in [0.717, 1.165) is 21.9 Å². The highest BCUT2D eigenvalue weighted by Gasteiger charge is 2.18. The molecule has 0 aliphatic rings. The molecule has 3 aromatic heterocycles. The Balaban J connectivity index is 1.67. The van der Waals surface area contributed by atoms with Crippen molar-refractivity contribution < 1.29 is 4.79 Å². The molecule has 0 aliphatic heterocycles. The van der Waals surface area contributed by atoms with E-state index in [0.29, 0.717) is 10.6 Å². The maximum Gasteiger partial charge on any atom is 0.267 e. The molecule has 5 nitrogen and oxygen atoms in total. The Morgan fingerprint density at radius 2 is 2.00 bits per heavy atom. The summed E-state index contributed by atoms with van der Waals surface area (Å²) in [6.07, 6.45) is 5.27. The number of benzene rings is 1. The first kappa shape index (κ1) is 14.6. The predicted molar refractivity (Wildman–Crippen MR) is 95.4 cm³/mol. The molecule has 0 saturated heterocycles. The zero-order chi connectivity index (χ0) is 16.5. The molecule has 0 fully saturated rings. The normalized spacial score (nSPS) is 10.9. The van der Waals surface area contributed by atoms with Crippen LogP contribution in [0, 0.1) is 6.92 Å². The number of hydrogen-bond donors (Lipinski definition) is 1. The summed E-state index contributed by atoms with van der Waals surface area (Å²) in [4.78, 5) is 22.6. The highest BCUT2D eigenvalue weighted by atomic mass is 32.1. The molecule has 6 heteroatoms. The first-order valence-corrected chi connectivity index (χ1v) is 8.29. The number of imidazole rings is 1. The molecule has 0 spiro atoms. The van der Waals surface area contributed by atoms with Gasteiger partial charge in [-0.15, -0.1) is 0 Å². The maximum absolute atomic E-state index is 12.5. The standard InChI is InChI=1S/C18H14N4OS/c1-12-16(17(23)20-14-8-5-9-19-10-14)24-18-21-15(11-22(12)18)13-6-3-2-4-7-13/h2-11H,1H3,(H,20,23). The number of carbonyl (C=O) groups is 1. The molecule has 4 aromatic rings. The number of amides is 1. The van der Waals surface area contributed by atoms with E-state index >= 15 is 0 Å². The van der Waals surface area contributed by atoms with Crippen LogP contribution in [0.1, 0.15) is 15.4 Å². The van der Waals surface area contributed by atoms with Gasteiger partial charge in [-0.25, -0.2) is 4.98 Å². The van der Waals surface area contributed by atoms with E-state index in [4.69, 9.17) is 0 Å². The van der Waals surface area contributed by atoms with Gasteiger partial charge in [0, 0.05) is 23.7 Å². The van der Waals surface area contributed by atoms with Gasteiger partial charge in [-0.2, -0.15) is 0 Å². The molecule has 0 bridgehead atoms. The Morgan fingerprint density at radius 1 is 1.17 bits per heavy atom. The van der Waals surface area contributed by atoms with E-state index in [9.17, 15) is 4.79 Å². The van der Waals surface area contributed by atoms with Crippen LogP contribution in [-0.2, 0) is 0 Å². The number of thiazole rings is 1. The van der Waals surface area contributed by atoms with Gasteiger partial charge >= 0.3 is 0 Å². The van der Waals surface area contributed by atoms with Crippen molar-refractivity contribution in [1.29, 1.82) is 0 Å². The lowest BCUT2D eigenvalue weighted by molar-refractivity contribution is 0.102. The van der Waals surface area contributed by atoms with Gasteiger partial charge in [0.2, 0.25) is 0 Å². The molecule has 1 aromatic carbocycles. The fourth-order valence-electron chi connectivity index (χ4n) is 2.53. The van der Waals surface area contributed by atoms with Crippen molar-refractivity contribution in [2.24, 2.45) is 0 Å². The summed E-state index contributed by atoms with van der Waals surface area (Å²) in [5, 5.41) is 2.86. The minimum atomic E-state index is -0.141. The van der Waals surface area contributed by atoms with Gasteiger partial charge in [-0.05, 0) is 19.1 Å². The van der Waals surface area contributed by atoms with Crippen molar-refractivity contribution in [2.45, 2.75) is 6.92 Å². The third kappa shape index (κ3) is 2.57. The fourth-order valence-corrected chi connectivity index (χ4v) is 3.54. The highest BCUT2D eigenvalue weighted by Crippen LogP contribution is 2.27. The topological polar surface area (TPSA) is 59.3 Å². The van der Waals surface area contributed by atoms with Crippen molar-refractivity contribution in [3.05, 3.63) is 71.6 Å². The van der Waals surface area contributed by atoms with Crippen molar-refractivity contribution in [3.63, 3.8) is 0 Å². The van der Waals surface area contributed by atoms with Gasteiger partial charge in [0.1, 0.15) is 4.88 Å². The fraction of sp³-hybridized carbons (Fsp3) is 0.0556. The van der Waals surface area contributed by atoms with Crippen molar-refractivity contribution in [1.82, 2.24) is 14.4 Å². The first-order chi connectivity index (χ1) is 11.7. The van der Waals surface area contributed by atoms with E-state index < -0.39 is 0 Å². The molecule has 0 aliphatic carbocycles. The summed E-state index contributed by atoms with van der Waals surface area (Å²) in [5.41, 5.74) is 3.53. The zero-order valence-corrected chi connectivity index (χ0v) is 13.7. The second-order valence-electron chi connectivity index (χ2n) is 5.36. The van der Waals surface area contributed by atoms with Gasteiger partial charge in [-0.1, -0.05) is 41.7 Å². The van der Waals surface area contributed by atoms with Crippen molar-refractivity contribution in [3.8, 4) is 11.3 Å². The van der Waals surface area contributed by atoms with Crippen molar-refractivity contribution in [2.75, 3.05) is 5.32 Å². The summed E-state index contributed by atoms with van der Waals surface area (Å²) >= 11 is 1.39. The largest absolute Gasteiger partial charge is 0.320 e. The van der Waals surface area contributed by atoms with Crippen LogP contribution in [0.25, 0.3) is 16.2 Å². The molecule has 3 heterocycles. The Kier molecular flexibility index (Phi) is 3.59. The van der Waals surface area contributed by atoms with Gasteiger partial charge in [0.05, 0.1) is 17.6 Å². The van der Waals surface area contributed by atoms with Gasteiger partial charge < -0.3 is 5.32 Å². The number of nitrogens with zero attached hydrogens (tertiary/aromatic N) is 3. The lowest BCUT2D eigenvalue weighted by atomic mass is 10.2. The zero-order valence-electron chi connectivity index (χ0n) is 12.9. The van der Waals surface area contributed by atoms with Gasteiger partial charge in [-0.3, -0.25) is 14.2 Å². The Morgan fingerprint density at radius 3 is 2.71 bits per heavy atom. The third-order valence-electron chi connectivity index (χ3n) is 3.75. The lowest BCUT2D eigenvalue weighted by Gasteiger charge is -2.03. The van der Waals surface area contributed by atoms with E-state index in [-0.39, 0.29) is 5.91 Å². The number of fused-ring (bicyclic) bond motifs is 1. The number of carbonyl (C=O) groups excluding carboxylic acids is 1. The van der Waals surface area contributed by atoms with E-state index in [2.05, 4.69) is 15.3 Å². The molecule has 1 N–H and O–H groups in total. The van der Waals surface area contributed by atoms with Crippen LogP contribution in [-0.4, -0.2) is 20.3 Å². The Labute approximate surface area is 142 Å². The molecule has 1 amide bonds. The molecule has 4 rings (SSSR count). The SMILES string of the molecule is Cc1c(C(=O)Nc2cccnc2)sc2nc(-c3ccccc3)cn12. The summed E-state index contributed by atoms with van der Waals surface area (Å²) in [5.74, 6) is -0.141. The summed E-state index contributed by atoms with van der Waals surface area (Å²) < 4.78 is 1.96. The predicted octanol–water partition coefficient (Wildman–Crippen LogP) is 4.02. The van der Waals surface area contributed by atoms with Crippen LogP contribution in [0.2, 0.25) is 0 Å². The summed E-state index contributed by atoms with van der Waals surface area (Å²) in [6, 6.07) is 13.6. The minimum absolute atomic E-state index is 0.141. The third-order valence-corrected chi connectivity index (χ3v) is 4.91. The molecule has 118 valence electrons. The number of aryl methyl sites for hydroxylation is 1. The summed E-state index contributed by atoms with van der Waals surface area (Å²) in [6.45, 7) is 1.93. The van der Waals surface area contributed by atoms with Crippen LogP contribution in [0.3, 0.4) is 0 Å². The summed E-state index contributed by atoms with van der Waals surface area (Å²) in [7, 11) is 0. The molecular weight excluding hydrogens is 320 g/mol. The number of pyridine rings is 1. The molecule has 0 saturated carbocycles. The van der Waals surface area contributed by atoms with Crippen LogP contribution >= 0.6 is 11.3 Å². The number of hydrogen-bond acceptors (Lipinski definition) is 4. The Hall–Kier alpha value is -2.99. The van der Waals surface area contributed by atoms with E-state index in [1.165, 1.54) is 11.3 Å². The number of rotatable bonds is 3. The highest BCUT2D eigenvalue weighted by molar-refractivity contribution is 7.19. The van der Waals surface area contributed by atoms with Crippen LogP contribution in [0.5, 0.6) is 0 Å². The Bertz CT molecular complexity index is 1010.